The summed E-state index contributed by atoms with van der Waals surface area (Å²) in [5.74, 6) is -3.89. The molecule has 7 nitrogen and oxygen atoms in total. The number of carbonyl (C=O) groups is 2. The molecule has 1 N–H and O–H groups in total. The SMILES string of the molecule is COC(=O)C1=C(C(OC)OC)N=C(C)C(C(=O)O)C1c1ccc(Cl)c(Cl)c1. The lowest BCUT2D eigenvalue weighted by Gasteiger charge is -2.32. The molecule has 2 rings (SSSR count). The number of halogens is 2. The summed E-state index contributed by atoms with van der Waals surface area (Å²) in [7, 11) is 3.98. The van der Waals surface area contributed by atoms with E-state index < -0.39 is 30.1 Å². The molecule has 0 fully saturated rings. The summed E-state index contributed by atoms with van der Waals surface area (Å²) in [6, 6.07) is 4.68. The fourth-order valence-electron chi connectivity index (χ4n) is 3.11. The number of benzene rings is 1. The second kappa shape index (κ2) is 8.84. The van der Waals surface area contributed by atoms with Gasteiger partial charge in [0, 0.05) is 25.8 Å². The maximum Gasteiger partial charge on any atom is 0.336 e. The van der Waals surface area contributed by atoms with Crippen molar-refractivity contribution in [3.05, 3.63) is 45.1 Å². The van der Waals surface area contributed by atoms with E-state index >= 15 is 0 Å². The molecule has 0 bridgehead atoms. The van der Waals surface area contributed by atoms with Gasteiger partial charge in [-0.25, -0.2) is 4.79 Å². The highest BCUT2D eigenvalue weighted by Crippen LogP contribution is 2.42. The van der Waals surface area contributed by atoms with Crippen molar-refractivity contribution in [2.45, 2.75) is 19.1 Å². The molecule has 0 spiro atoms. The van der Waals surface area contributed by atoms with Crippen molar-refractivity contribution < 1.29 is 28.9 Å². The van der Waals surface area contributed by atoms with Crippen molar-refractivity contribution in [2.75, 3.05) is 21.3 Å². The Bertz CT molecular complexity index is 816. The molecule has 0 aliphatic carbocycles. The van der Waals surface area contributed by atoms with Crippen LogP contribution in [0.5, 0.6) is 0 Å². The van der Waals surface area contributed by atoms with E-state index in [-0.39, 0.29) is 16.3 Å². The number of methoxy groups -OCH3 is 3. The lowest BCUT2D eigenvalue weighted by molar-refractivity contribution is -0.140. The minimum absolute atomic E-state index is 0.0302. The lowest BCUT2D eigenvalue weighted by atomic mass is 9.75. The number of hydrogen-bond acceptors (Lipinski definition) is 6. The smallest absolute Gasteiger partial charge is 0.336 e. The average Bonchev–Trinajstić information content (AvgIpc) is 2.63. The number of rotatable bonds is 6. The fourth-order valence-corrected chi connectivity index (χ4v) is 3.42. The van der Waals surface area contributed by atoms with Crippen molar-refractivity contribution in [1.29, 1.82) is 0 Å². The van der Waals surface area contributed by atoms with Crippen LogP contribution in [0.15, 0.2) is 34.5 Å². The quantitative estimate of drug-likeness (QED) is 0.565. The molecule has 0 amide bonds. The third-order valence-electron chi connectivity index (χ3n) is 4.29. The van der Waals surface area contributed by atoms with Gasteiger partial charge in [-0.15, -0.1) is 0 Å². The van der Waals surface area contributed by atoms with Gasteiger partial charge in [0.1, 0.15) is 11.6 Å². The van der Waals surface area contributed by atoms with E-state index in [1.807, 2.05) is 0 Å². The Balaban J connectivity index is 2.81. The fraction of sp³-hybridized carbons (Fsp3) is 0.389. The third-order valence-corrected chi connectivity index (χ3v) is 5.03. The summed E-state index contributed by atoms with van der Waals surface area (Å²) in [4.78, 5) is 28.9. The number of hydrogen-bond donors (Lipinski definition) is 1. The van der Waals surface area contributed by atoms with Gasteiger partial charge in [0.2, 0.25) is 6.29 Å². The van der Waals surface area contributed by atoms with E-state index in [1.165, 1.54) is 33.5 Å². The van der Waals surface area contributed by atoms with Crippen LogP contribution in [0.3, 0.4) is 0 Å². The minimum Gasteiger partial charge on any atom is -0.481 e. The predicted molar refractivity (Wildman–Crippen MR) is 100 cm³/mol. The average molecular weight is 416 g/mol. The largest absolute Gasteiger partial charge is 0.481 e. The summed E-state index contributed by atoms with van der Waals surface area (Å²) in [5.41, 5.74) is 0.954. The normalized spacial score (nSPS) is 19.9. The van der Waals surface area contributed by atoms with Crippen molar-refractivity contribution >= 4 is 40.9 Å². The molecule has 146 valence electrons. The first-order valence-electron chi connectivity index (χ1n) is 7.87. The summed E-state index contributed by atoms with van der Waals surface area (Å²) < 4.78 is 15.4. The molecule has 1 aliphatic rings. The van der Waals surface area contributed by atoms with Crippen molar-refractivity contribution in [3.63, 3.8) is 0 Å². The second-order valence-electron chi connectivity index (χ2n) is 5.81. The van der Waals surface area contributed by atoms with Crippen molar-refractivity contribution in [1.82, 2.24) is 0 Å². The Morgan fingerprint density at radius 3 is 2.26 bits per heavy atom. The second-order valence-corrected chi connectivity index (χ2v) is 6.63. The van der Waals surface area contributed by atoms with Crippen LogP contribution in [0.1, 0.15) is 18.4 Å². The molecular weight excluding hydrogens is 397 g/mol. The van der Waals surface area contributed by atoms with Crippen LogP contribution in [0.2, 0.25) is 10.0 Å². The maximum atomic E-state index is 12.6. The Kier molecular flexibility index (Phi) is 7.00. The number of carbonyl (C=O) groups excluding carboxylic acids is 1. The van der Waals surface area contributed by atoms with Gasteiger partial charge in [-0.2, -0.15) is 0 Å². The Labute approximate surface area is 166 Å². The van der Waals surface area contributed by atoms with Crippen LogP contribution in [-0.4, -0.2) is 50.4 Å². The Hall–Kier alpha value is -1.93. The van der Waals surface area contributed by atoms with Gasteiger partial charge < -0.3 is 19.3 Å². The van der Waals surface area contributed by atoms with Gasteiger partial charge >= 0.3 is 11.9 Å². The number of aliphatic carboxylic acids is 1. The highest BCUT2D eigenvalue weighted by molar-refractivity contribution is 6.42. The molecule has 1 aliphatic heterocycles. The number of aliphatic imine (C=N–C) groups is 1. The van der Waals surface area contributed by atoms with E-state index in [9.17, 15) is 14.7 Å². The molecule has 0 aromatic heterocycles. The van der Waals surface area contributed by atoms with E-state index in [1.54, 1.807) is 13.0 Å². The Morgan fingerprint density at radius 1 is 1.15 bits per heavy atom. The van der Waals surface area contributed by atoms with Gasteiger partial charge in [0.25, 0.3) is 0 Å². The molecule has 9 heteroatoms. The molecule has 2 atom stereocenters. The summed E-state index contributed by atoms with van der Waals surface area (Å²) in [5, 5.41) is 10.3. The zero-order valence-electron chi connectivity index (χ0n) is 15.2. The van der Waals surface area contributed by atoms with Crippen LogP contribution < -0.4 is 0 Å². The molecule has 0 saturated heterocycles. The number of ether oxygens (including phenoxy) is 3. The van der Waals surface area contributed by atoms with Gasteiger partial charge in [-0.3, -0.25) is 9.79 Å². The maximum absolute atomic E-state index is 12.6. The highest BCUT2D eigenvalue weighted by Gasteiger charge is 2.44. The first-order chi connectivity index (χ1) is 12.8. The van der Waals surface area contributed by atoms with Crippen LogP contribution in [0, 0.1) is 5.92 Å². The van der Waals surface area contributed by atoms with Crippen LogP contribution >= 0.6 is 23.2 Å². The van der Waals surface area contributed by atoms with Crippen molar-refractivity contribution in [2.24, 2.45) is 10.9 Å². The van der Waals surface area contributed by atoms with E-state index in [0.29, 0.717) is 16.3 Å². The van der Waals surface area contributed by atoms with Crippen molar-refractivity contribution in [3.8, 4) is 0 Å². The highest BCUT2D eigenvalue weighted by atomic mass is 35.5. The molecule has 1 heterocycles. The summed E-state index contributed by atoms with van der Waals surface area (Å²) >= 11 is 12.1. The van der Waals surface area contributed by atoms with Gasteiger partial charge in [-0.05, 0) is 24.6 Å². The molecule has 1 aromatic carbocycles. The lowest BCUT2D eigenvalue weighted by Crippen LogP contribution is -2.37. The molecular formula is C18H19Cl2NO6. The Morgan fingerprint density at radius 2 is 1.78 bits per heavy atom. The molecule has 0 radical (unpaired) electrons. The molecule has 0 saturated carbocycles. The van der Waals surface area contributed by atoms with Crippen LogP contribution in [0.25, 0.3) is 0 Å². The number of carboxylic acids is 1. The molecule has 2 unspecified atom stereocenters. The third kappa shape index (κ3) is 4.16. The molecule has 1 aromatic rings. The summed E-state index contributed by atoms with van der Waals surface area (Å²) in [6.45, 7) is 1.57. The zero-order valence-corrected chi connectivity index (χ0v) is 16.7. The van der Waals surface area contributed by atoms with Gasteiger partial charge in [0.15, 0.2) is 0 Å². The monoisotopic (exact) mass is 415 g/mol. The number of carboxylic acid groups (broad SMARTS) is 1. The van der Waals surface area contributed by atoms with Crippen LogP contribution in [-0.2, 0) is 23.8 Å². The summed E-state index contributed by atoms with van der Waals surface area (Å²) in [6.07, 6.45) is -0.978. The molecule has 27 heavy (non-hydrogen) atoms. The number of nitrogens with zero attached hydrogens (tertiary/aromatic N) is 1. The predicted octanol–water partition coefficient (Wildman–Crippen LogP) is 3.30. The first-order valence-corrected chi connectivity index (χ1v) is 8.63. The van der Waals surface area contributed by atoms with E-state index in [0.717, 1.165) is 0 Å². The van der Waals surface area contributed by atoms with E-state index in [2.05, 4.69) is 4.99 Å². The van der Waals surface area contributed by atoms with Crippen LogP contribution in [0.4, 0.5) is 0 Å². The van der Waals surface area contributed by atoms with Gasteiger partial charge in [0.05, 0.1) is 22.7 Å². The topological polar surface area (TPSA) is 94.4 Å². The standard InChI is InChI=1S/C18H19Cl2NO6/c1-8-12(16(22)23)13(9-5-6-10(19)11(20)7-9)14(17(24)25-2)15(21-8)18(26-3)27-4/h5-7,12-13,18H,1-4H3,(H,22,23). The number of esters is 1. The minimum atomic E-state index is -1.14. The van der Waals surface area contributed by atoms with Gasteiger partial charge in [-0.1, -0.05) is 29.3 Å². The van der Waals surface area contributed by atoms with E-state index in [4.69, 9.17) is 37.4 Å². The zero-order chi connectivity index (χ0) is 20.3. The first kappa shape index (κ1) is 21.4.